The summed E-state index contributed by atoms with van der Waals surface area (Å²) < 4.78 is 3.85. The lowest BCUT2D eigenvalue weighted by Gasteiger charge is -2.14. The molecule has 8 heteroatoms. The van der Waals surface area contributed by atoms with Gasteiger partial charge in [0.2, 0.25) is 11.8 Å². The second-order valence-electron chi connectivity index (χ2n) is 8.11. The van der Waals surface area contributed by atoms with Crippen molar-refractivity contribution >= 4 is 23.6 Å². The first-order chi connectivity index (χ1) is 16.2. The van der Waals surface area contributed by atoms with Crippen molar-refractivity contribution < 1.29 is 23.9 Å². The van der Waals surface area contributed by atoms with Gasteiger partial charge in [-0.3, -0.25) is 29.0 Å². The molecular formula is C26H27N3O5. The minimum absolute atomic E-state index is 0.0208. The fourth-order valence-corrected chi connectivity index (χ4v) is 4.18. The van der Waals surface area contributed by atoms with Crippen LogP contribution in [0.3, 0.4) is 0 Å². The average Bonchev–Trinajstić information content (AvgIpc) is 3.60. The summed E-state index contributed by atoms with van der Waals surface area (Å²) >= 11 is 0. The Labute approximate surface area is 199 Å². The van der Waals surface area contributed by atoms with Crippen LogP contribution >= 0.6 is 0 Å². The van der Waals surface area contributed by atoms with Gasteiger partial charge in [-0.1, -0.05) is 35.8 Å². The third-order valence-corrected chi connectivity index (χ3v) is 6.03. The zero-order valence-corrected chi connectivity index (χ0v) is 19.6. The minimum atomic E-state index is -0.241. The Morgan fingerprint density at radius 2 is 1.35 bits per heavy atom. The number of rotatable bonds is 0. The van der Waals surface area contributed by atoms with Crippen LogP contribution in [0.1, 0.15) is 17.5 Å². The number of hydrogen-bond donors (Lipinski definition) is 0. The van der Waals surface area contributed by atoms with Crippen LogP contribution in [-0.4, -0.2) is 54.6 Å². The average molecular weight is 462 g/mol. The molecule has 2 fully saturated rings. The molecule has 34 heavy (non-hydrogen) atoms. The van der Waals surface area contributed by atoms with Gasteiger partial charge >= 0.3 is 0 Å². The standard InChI is InChI=1S/C10H11NO2.C9H8.C5H5NO2.C2H3NO/c1-11-9(12)7-5-2-3-6(4-5)8(7)10(11)13;1-3-9-6-4-8(2)5-7-9;1-6-4(7)2-3-5(6)8;1-4-2-3/h2-3,5-8H,4H2,1H3;1,4-7H,2H3;2-3H,1H3;1H3. The number of ether oxygens (including phenoxy) is 1. The van der Waals surface area contributed by atoms with E-state index in [1.54, 1.807) is 7.05 Å². The second-order valence-corrected chi connectivity index (χ2v) is 8.11. The summed E-state index contributed by atoms with van der Waals surface area (Å²) in [6.07, 6.45) is 14.3. The maximum absolute atomic E-state index is 11.7. The zero-order valence-electron chi connectivity index (χ0n) is 19.6. The number of terminal acetylenes is 1. The number of aryl methyl sites for hydroxylation is 1. The molecule has 4 amide bonds. The Kier molecular flexibility index (Phi) is 8.92. The number of likely N-dealkylation sites (N-methyl/N-ethyl adjacent to an activating group) is 1. The molecular weight excluding hydrogens is 434 g/mol. The van der Waals surface area contributed by atoms with Crippen LogP contribution in [0.25, 0.3) is 0 Å². The predicted molar refractivity (Wildman–Crippen MR) is 124 cm³/mol. The lowest BCUT2D eigenvalue weighted by molar-refractivity contribution is -0.139. The second kappa shape index (κ2) is 11.6. The van der Waals surface area contributed by atoms with Gasteiger partial charge in [0.25, 0.3) is 18.1 Å². The molecule has 0 N–H and O–H groups in total. The van der Waals surface area contributed by atoms with Crippen LogP contribution < -0.4 is 0 Å². The smallest absolute Gasteiger partial charge is 0.286 e. The summed E-state index contributed by atoms with van der Waals surface area (Å²) in [5.41, 5.74) is 2.19. The quantitative estimate of drug-likeness (QED) is 0.253. The highest BCUT2D eigenvalue weighted by atomic mass is 16.5. The Bertz CT molecular complexity index is 1040. The fourth-order valence-electron chi connectivity index (χ4n) is 4.18. The molecule has 2 heterocycles. The summed E-state index contributed by atoms with van der Waals surface area (Å²) in [7, 11) is 4.37. The number of amides is 4. The fraction of sp³-hybridized carbons (Fsp3) is 0.346. The van der Waals surface area contributed by atoms with Crippen LogP contribution in [-0.2, 0) is 23.9 Å². The molecule has 8 nitrogen and oxygen atoms in total. The minimum Gasteiger partial charge on any atom is -0.431 e. The van der Waals surface area contributed by atoms with Gasteiger partial charge < -0.3 is 4.74 Å². The summed E-state index contributed by atoms with van der Waals surface area (Å²) in [6, 6.07) is 7.90. The number of benzene rings is 1. The molecule has 0 radical (unpaired) electrons. The van der Waals surface area contributed by atoms with Crippen molar-refractivity contribution in [3.63, 3.8) is 0 Å². The monoisotopic (exact) mass is 461 g/mol. The number of imide groups is 2. The van der Waals surface area contributed by atoms with E-state index in [2.05, 4.69) is 22.8 Å². The summed E-state index contributed by atoms with van der Waals surface area (Å²) in [4.78, 5) is 46.5. The molecule has 0 aromatic heterocycles. The highest BCUT2D eigenvalue weighted by Gasteiger charge is 2.58. The summed E-state index contributed by atoms with van der Waals surface area (Å²) in [5.74, 6) is 2.79. The van der Waals surface area contributed by atoms with E-state index in [4.69, 9.17) is 11.7 Å². The van der Waals surface area contributed by atoms with Gasteiger partial charge in [-0.15, -0.1) is 6.42 Å². The summed E-state index contributed by atoms with van der Waals surface area (Å²) in [5, 5.41) is 7.40. The Hall–Kier alpha value is -4.17. The lowest BCUT2D eigenvalue weighted by Crippen LogP contribution is -2.28. The van der Waals surface area contributed by atoms with Gasteiger partial charge in [-0.25, -0.2) is 0 Å². The first-order valence-corrected chi connectivity index (χ1v) is 10.6. The van der Waals surface area contributed by atoms with Crippen molar-refractivity contribution in [2.75, 3.05) is 21.2 Å². The third kappa shape index (κ3) is 5.79. The van der Waals surface area contributed by atoms with E-state index >= 15 is 0 Å². The number of carbonyl (C=O) groups excluding carboxylic acids is 4. The van der Waals surface area contributed by atoms with E-state index in [0.717, 1.165) is 16.9 Å². The van der Waals surface area contributed by atoms with Crippen LogP contribution in [0.4, 0.5) is 0 Å². The first-order valence-electron chi connectivity index (χ1n) is 10.6. The molecule has 4 unspecified atom stereocenters. The number of hydrogen-bond acceptors (Lipinski definition) is 6. The van der Waals surface area contributed by atoms with Crippen LogP contribution in [0.15, 0.2) is 48.6 Å². The van der Waals surface area contributed by atoms with Crippen molar-refractivity contribution in [3.8, 4) is 18.6 Å². The normalized spacial score (nSPS) is 24.8. The summed E-state index contributed by atoms with van der Waals surface area (Å²) in [6.45, 7) is 2.04. The van der Waals surface area contributed by atoms with E-state index in [0.29, 0.717) is 11.8 Å². The van der Waals surface area contributed by atoms with Crippen molar-refractivity contribution in [2.24, 2.45) is 23.7 Å². The van der Waals surface area contributed by atoms with Crippen molar-refractivity contribution in [3.05, 3.63) is 59.7 Å². The SMILES string of the molecule is C#Cc1ccc(C)cc1.CN1C(=O)C2C3C=CC(C3)C2C1=O.CN1C(=O)C=CC1=O.COC#N. The van der Waals surface area contributed by atoms with E-state index < -0.39 is 0 Å². The maximum Gasteiger partial charge on any atom is 0.286 e. The van der Waals surface area contributed by atoms with Gasteiger partial charge in [0.15, 0.2) is 0 Å². The topological polar surface area (TPSA) is 108 Å². The Morgan fingerprint density at radius 1 is 0.912 bits per heavy atom. The number of fused-ring (bicyclic) bond motifs is 5. The molecule has 4 atom stereocenters. The number of carbonyl (C=O) groups is 4. The van der Waals surface area contributed by atoms with Gasteiger partial charge in [-0.05, 0) is 37.3 Å². The molecule has 1 saturated carbocycles. The molecule has 0 spiro atoms. The maximum atomic E-state index is 11.7. The molecule has 1 aromatic rings. The Balaban J connectivity index is 0.000000173. The zero-order chi connectivity index (χ0) is 25.4. The number of likely N-dealkylation sites (tertiary alicyclic amines) is 1. The van der Waals surface area contributed by atoms with Crippen molar-refractivity contribution in [2.45, 2.75) is 13.3 Å². The van der Waals surface area contributed by atoms with Gasteiger partial charge in [0, 0.05) is 31.8 Å². The van der Waals surface area contributed by atoms with E-state index in [1.165, 1.54) is 43.0 Å². The molecule has 1 saturated heterocycles. The Morgan fingerprint density at radius 3 is 1.68 bits per heavy atom. The molecule has 2 aliphatic carbocycles. The van der Waals surface area contributed by atoms with Crippen molar-refractivity contribution in [1.29, 1.82) is 5.26 Å². The van der Waals surface area contributed by atoms with Gasteiger partial charge in [0.1, 0.15) is 0 Å². The molecule has 2 aliphatic heterocycles. The largest absolute Gasteiger partial charge is 0.431 e. The predicted octanol–water partition coefficient (Wildman–Crippen LogP) is 2.05. The number of methoxy groups -OCH3 is 1. The van der Waals surface area contributed by atoms with Crippen LogP contribution in [0, 0.1) is 54.5 Å². The van der Waals surface area contributed by atoms with Gasteiger partial charge in [0.05, 0.1) is 18.9 Å². The molecule has 5 rings (SSSR count). The van der Waals surface area contributed by atoms with Crippen LogP contribution in [0.5, 0.6) is 0 Å². The lowest BCUT2D eigenvalue weighted by atomic mass is 9.85. The highest BCUT2D eigenvalue weighted by molar-refractivity contribution is 6.12. The van der Waals surface area contributed by atoms with Crippen LogP contribution in [0.2, 0.25) is 0 Å². The molecule has 4 aliphatic rings. The van der Waals surface area contributed by atoms with E-state index in [-0.39, 0.29) is 35.5 Å². The number of nitriles is 1. The number of nitrogens with zero attached hydrogens (tertiary/aromatic N) is 3. The molecule has 176 valence electrons. The third-order valence-electron chi connectivity index (χ3n) is 6.03. The van der Waals surface area contributed by atoms with E-state index in [9.17, 15) is 19.2 Å². The van der Waals surface area contributed by atoms with Crippen molar-refractivity contribution in [1.82, 2.24) is 9.80 Å². The number of allylic oxidation sites excluding steroid dienone is 2. The van der Waals surface area contributed by atoms with Gasteiger partial charge in [-0.2, -0.15) is 5.26 Å². The van der Waals surface area contributed by atoms with E-state index in [1.807, 2.05) is 31.2 Å². The molecule has 1 aromatic carbocycles. The first kappa shape index (κ1) is 26.1. The highest BCUT2D eigenvalue weighted by Crippen LogP contribution is 2.52. The molecule has 2 bridgehead atoms.